The Labute approximate surface area is 420 Å². The van der Waals surface area contributed by atoms with Crippen LogP contribution < -0.4 is 0 Å². The van der Waals surface area contributed by atoms with Gasteiger partial charge in [-0.3, -0.25) is 14.4 Å². The molecule has 0 saturated heterocycles. The molecule has 1 unspecified atom stereocenters. The molecule has 390 valence electrons. The molecule has 6 nitrogen and oxygen atoms in total. The van der Waals surface area contributed by atoms with Gasteiger partial charge in [0.2, 0.25) is 0 Å². The van der Waals surface area contributed by atoms with Gasteiger partial charge in [0.15, 0.2) is 6.10 Å². The van der Waals surface area contributed by atoms with Crippen molar-refractivity contribution >= 4 is 17.9 Å². The van der Waals surface area contributed by atoms with Gasteiger partial charge in [-0.1, -0.05) is 221 Å². The van der Waals surface area contributed by atoms with Crippen LogP contribution in [0, 0.1) is 0 Å². The minimum atomic E-state index is -0.797. The Bertz CT molecular complexity index is 1320. The van der Waals surface area contributed by atoms with Gasteiger partial charge in [-0.15, -0.1) is 0 Å². The molecule has 68 heavy (non-hydrogen) atoms. The predicted octanol–water partition coefficient (Wildman–Crippen LogP) is 19.2. The quantitative estimate of drug-likeness (QED) is 0.0262. The monoisotopic (exact) mass is 947 g/mol. The van der Waals surface area contributed by atoms with Crippen molar-refractivity contribution < 1.29 is 28.6 Å². The molecule has 0 rings (SSSR count). The van der Waals surface area contributed by atoms with Crippen LogP contribution in [0.2, 0.25) is 0 Å². The minimum Gasteiger partial charge on any atom is -0.462 e. The van der Waals surface area contributed by atoms with E-state index in [4.69, 9.17) is 14.2 Å². The summed E-state index contributed by atoms with van der Waals surface area (Å²) >= 11 is 0. The first kappa shape index (κ1) is 64.6. The molecule has 0 aromatic carbocycles. The molecule has 0 aliphatic carbocycles. The molecule has 0 N–H and O–H groups in total. The summed E-state index contributed by atoms with van der Waals surface area (Å²) in [5, 5.41) is 0. The number of ether oxygens (including phenoxy) is 3. The fourth-order valence-corrected chi connectivity index (χ4v) is 7.81. The molecule has 0 saturated carbocycles. The fourth-order valence-electron chi connectivity index (χ4n) is 7.81. The van der Waals surface area contributed by atoms with E-state index in [9.17, 15) is 14.4 Å². The van der Waals surface area contributed by atoms with E-state index in [0.717, 1.165) is 109 Å². The minimum absolute atomic E-state index is 0.0925. The normalized spacial score (nSPS) is 12.7. The van der Waals surface area contributed by atoms with E-state index in [2.05, 4.69) is 106 Å². The van der Waals surface area contributed by atoms with Gasteiger partial charge in [0, 0.05) is 19.3 Å². The fraction of sp³-hybridized carbons (Fsp3) is 0.726. The second-order valence-corrected chi connectivity index (χ2v) is 18.8. The molecule has 0 amide bonds. The predicted molar refractivity (Wildman–Crippen MR) is 293 cm³/mol. The first-order valence-electron chi connectivity index (χ1n) is 28.6. The molecule has 0 aliphatic heterocycles. The van der Waals surface area contributed by atoms with E-state index >= 15 is 0 Å². The first-order chi connectivity index (χ1) is 33.5. The van der Waals surface area contributed by atoms with E-state index in [0.29, 0.717) is 19.3 Å². The van der Waals surface area contributed by atoms with Crippen LogP contribution in [0.4, 0.5) is 0 Å². The second kappa shape index (κ2) is 56.2. The summed E-state index contributed by atoms with van der Waals surface area (Å²) in [4.78, 5) is 38.1. The summed E-state index contributed by atoms with van der Waals surface area (Å²) in [6.07, 6.45) is 72.8. The Morgan fingerprint density at radius 1 is 0.309 bits per heavy atom. The second-order valence-electron chi connectivity index (χ2n) is 18.8. The molecule has 6 heteroatoms. The number of rotatable bonds is 51. The van der Waals surface area contributed by atoms with Gasteiger partial charge in [0.1, 0.15) is 13.2 Å². The van der Waals surface area contributed by atoms with E-state index in [-0.39, 0.29) is 31.1 Å². The van der Waals surface area contributed by atoms with Crippen molar-refractivity contribution in [1.82, 2.24) is 0 Å². The van der Waals surface area contributed by atoms with Crippen LogP contribution in [-0.2, 0) is 28.6 Å². The molecule has 0 spiro atoms. The van der Waals surface area contributed by atoms with E-state index in [1.807, 2.05) is 0 Å². The SMILES string of the molecule is CC/C=C\C/C=C\C/C=C\C/C=C\C/C=C\CCCCCC(=O)OCC(COC(=O)CCCCCCCCC/C=C\CCCCCC)OC(=O)CCCCCCC/C=C\CCCCCCCCC. The Hall–Kier alpha value is -3.41. The Kier molecular flexibility index (Phi) is 53.4. The van der Waals surface area contributed by atoms with E-state index < -0.39 is 6.10 Å². The van der Waals surface area contributed by atoms with E-state index in [1.54, 1.807) is 0 Å². The highest BCUT2D eigenvalue weighted by Crippen LogP contribution is 2.14. The van der Waals surface area contributed by atoms with Crippen molar-refractivity contribution in [3.05, 3.63) is 85.1 Å². The third kappa shape index (κ3) is 53.5. The van der Waals surface area contributed by atoms with Crippen molar-refractivity contribution in [2.24, 2.45) is 0 Å². The maximum atomic E-state index is 12.8. The molecule has 0 aliphatic rings. The summed E-state index contributed by atoms with van der Waals surface area (Å²) in [6, 6.07) is 0. The Balaban J connectivity index is 4.46. The third-order valence-electron chi connectivity index (χ3n) is 12.1. The molecular formula is C62H106O6. The lowest BCUT2D eigenvalue weighted by Gasteiger charge is -2.18. The third-order valence-corrected chi connectivity index (χ3v) is 12.1. The highest BCUT2D eigenvalue weighted by molar-refractivity contribution is 5.71. The average molecular weight is 948 g/mol. The maximum Gasteiger partial charge on any atom is 0.306 e. The van der Waals surface area contributed by atoms with Crippen LogP contribution in [0.3, 0.4) is 0 Å². The molecule has 1 atom stereocenters. The van der Waals surface area contributed by atoms with Gasteiger partial charge in [0.25, 0.3) is 0 Å². The number of esters is 3. The zero-order valence-corrected chi connectivity index (χ0v) is 44.6. The lowest BCUT2D eigenvalue weighted by atomic mass is 10.1. The molecular weight excluding hydrogens is 841 g/mol. The van der Waals surface area contributed by atoms with Crippen molar-refractivity contribution in [1.29, 1.82) is 0 Å². The highest BCUT2D eigenvalue weighted by atomic mass is 16.6. The van der Waals surface area contributed by atoms with Crippen molar-refractivity contribution in [2.45, 2.75) is 277 Å². The molecule has 0 radical (unpaired) electrons. The maximum absolute atomic E-state index is 12.8. The average Bonchev–Trinajstić information content (AvgIpc) is 3.34. The number of carbonyl (C=O) groups is 3. The smallest absolute Gasteiger partial charge is 0.306 e. The molecule has 0 bridgehead atoms. The summed E-state index contributed by atoms with van der Waals surface area (Å²) in [5.74, 6) is -0.933. The zero-order chi connectivity index (χ0) is 49.3. The summed E-state index contributed by atoms with van der Waals surface area (Å²) < 4.78 is 16.8. The largest absolute Gasteiger partial charge is 0.462 e. The number of allylic oxidation sites excluding steroid dienone is 14. The van der Waals surface area contributed by atoms with Crippen LogP contribution in [0.15, 0.2) is 85.1 Å². The summed E-state index contributed by atoms with van der Waals surface area (Å²) in [5.41, 5.74) is 0. The molecule has 0 aromatic rings. The number of unbranched alkanes of at least 4 members (excludes halogenated alkanes) is 26. The van der Waals surface area contributed by atoms with Gasteiger partial charge in [-0.2, -0.15) is 0 Å². The lowest BCUT2D eigenvalue weighted by molar-refractivity contribution is -0.167. The first-order valence-corrected chi connectivity index (χ1v) is 28.6. The van der Waals surface area contributed by atoms with Crippen LogP contribution in [0.1, 0.15) is 271 Å². The molecule has 0 heterocycles. The van der Waals surface area contributed by atoms with Gasteiger partial charge >= 0.3 is 17.9 Å². The molecule has 0 aromatic heterocycles. The van der Waals surface area contributed by atoms with Gasteiger partial charge < -0.3 is 14.2 Å². The zero-order valence-electron chi connectivity index (χ0n) is 44.6. The standard InChI is InChI=1S/C62H106O6/c1-4-7-10-13-16-19-22-25-28-30-31-32-35-37-40-43-46-49-52-55-61(64)67-58-59(57-66-60(63)54-51-48-45-42-39-36-33-27-24-21-18-15-12-9-6-3)68-62(65)56-53-50-47-44-41-38-34-29-26-23-20-17-14-11-8-5-2/h7,10,16,19,21,24-25,28-29,31-32,34,37,40,59H,4-6,8-9,11-15,17-18,20,22-23,26-27,30,33,35-36,38-39,41-58H2,1-3H3/b10-7-,19-16-,24-21-,28-25-,32-31-,34-29-,40-37-. The van der Waals surface area contributed by atoms with Crippen LogP contribution >= 0.6 is 0 Å². The van der Waals surface area contributed by atoms with Crippen molar-refractivity contribution in [3.63, 3.8) is 0 Å². The van der Waals surface area contributed by atoms with Crippen molar-refractivity contribution in [3.8, 4) is 0 Å². The van der Waals surface area contributed by atoms with E-state index in [1.165, 1.54) is 122 Å². The topological polar surface area (TPSA) is 78.9 Å². The molecule has 0 fully saturated rings. The van der Waals surface area contributed by atoms with Gasteiger partial charge in [-0.05, 0) is 116 Å². The van der Waals surface area contributed by atoms with Crippen molar-refractivity contribution in [2.75, 3.05) is 13.2 Å². The Morgan fingerprint density at radius 3 is 0.941 bits per heavy atom. The van der Waals surface area contributed by atoms with Crippen LogP contribution in [0.25, 0.3) is 0 Å². The Morgan fingerprint density at radius 2 is 0.574 bits per heavy atom. The number of hydrogen-bond donors (Lipinski definition) is 0. The van der Waals surface area contributed by atoms with Gasteiger partial charge in [-0.25, -0.2) is 0 Å². The van der Waals surface area contributed by atoms with Crippen LogP contribution in [0.5, 0.6) is 0 Å². The summed E-state index contributed by atoms with van der Waals surface area (Å²) in [6.45, 7) is 6.48. The summed E-state index contributed by atoms with van der Waals surface area (Å²) in [7, 11) is 0. The number of hydrogen-bond acceptors (Lipinski definition) is 6. The highest BCUT2D eigenvalue weighted by Gasteiger charge is 2.19. The number of carbonyl (C=O) groups excluding carboxylic acids is 3. The van der Waals surface area contributed by atoms with Gasteiger partial charge in [0.05, 0.1) is 0 Å². The lowest BCUT2D eigenvalue weighted by Crippen LogP contribution is -2.30. The van der Waals surface area contributed by atoms with Crippen LogP contribution in [-0.4, -0.2) is 37.2 Å².